The summed E-state index contributed by atoms with van der Waals surface area (Å²) in [6, 6.07) is 10.7. The highest BCUT2D eigenvalue weighted by Crippen LogP contribution is 2.39. The zero-order chi connectivity index (χ0) is 30.0. The Morgan fingerprint density at radius 1 is 1.14 bits per heavy atom. The zero-order valence-corrected chi connectivity index (χ0v) is 23.9. The highest BCUT2D eigenvalue weighted by Gasteiger charge is 2.37. The van der Waals surface area contributed by atoms with E-state index in [0.717, 1.165) is 23.3 Å². The van der Waals surface area contributed by atoms with E-state index in [1.54, 1.807) is 24.4 Å². The number of nitrogens with one attached hydrogen (secondary N) is 1. The average molecular weight is 598 g/mol. The molecular formula is C31H30ClF2N3O5. The van der Waals surface area contributed by atoms with Gasteiger partial charge in [0, 0.05) is 36.3 Å². The van der Waals surface area contributed by atoms with E-state index in [4.69, 9.17) is 21.1 Å². The fourth-order valence-electron chi connectivity index (χ4n) is 5.48. The molecule has 2 bridgehead atoms. The number of ether oxygens (including phenoxy) is 2. The molecule has 220 valence electrons. The highest BCUT2D eigenvalue weighted by atomic mass is 35.5. The van der Waals surface area contributed by atoms with Crippen LogP contribution in [0.25, 0.3) is 11.1 Å². The summed E-state index contributed by atoms with van der Waals surface area (Å²) in [4.78, 5) is 44.4. The number of carbonyl (C=O) groups is 3. The molecular weight excluding hydrogens is 568 g/mol. The van der Waals surface area contributed by atoms with Crippen LogP contribution in [0.1, 0.15) is 61.6 Å². The zero-order valence-electron chi connectivity index (χ0n) is 23.2. The maximum absolute atomic E-state index is 14.7. The van der Waals surface area contributed by atoms with Crippen molar-refractivity contribution >= 4 is 35.3 Å². The summed E-state index contributed by atoms with van der Waals surface area (Å²) in [5.74, 6) is -2.66. The minimum Gasteiger partial charge on any atom is -0.469 e. The molecule has 1 aromatic heterocycles. The molecule has 2 aromatic carbocycles. The SMILES string of the molecule is COC(=O)Cc1ccc2c(c1)NC(=O)[C@H](C)CCC[C@H](N1CC[C@@H](c3c(F)ccc(Cl)c3F)OC1=O)c1cc-2ccn1. The third-order valence-electron chi connectivity index (χ3n) is 7.80. The van der Waals surface area contributed by atoms with E-state index in [0.29, 0.717) is 36.2 Å². The molecule has 1 N–H and O–H groups in total. The highest BCUT2D eigenvalue weighted by molar-refractivity contribution is 6.30. The van der Waals surface area contributed by atoms with E-state index in [2.05, 4.69) is 10.3 Å². The number of anilines is 1. The molecule has 2 aliphatic rings. The van der Waals surface area contributed by atoms with Gasteiger partial charge in [0.1, 0.15) is 11.9 Å². The number of pyridine rings is 1. The van der Waals surface area contributed by atoms with Crippen LogP contribution in [0.3, 0.4) is 0 Å². The maximum atomic E-state index is 14.7. The lowest BCUT2D eigenvalue weighted by molar-refractivity contribution is -0.139. The third kappa shape index (κ3) is 6.09. The Labute approximate surface area is 247 Å². The number of carbonyl (C=O) groups excluding carboxylic acids is 3. The maximum Gasteiger partial charge on any atom is 0.410 e. The normalized spacial score (nSPS) is 20.9. The van der Waals surface area contributed by atoms with Gasteiger partial charge >= 0.3 is 12.1 Å². The number of hydrogen-bond donors (Lipinski definition) is 1. The number of esters is 1. The van der Waals surface area contributed by atoms with Crippen LogP contribution in [0.15, 0.2) is 48.7 Å². The molecule has 1 fully saturated rings. The fraction of sp³-hybridized carbons (Fsp3) is 0.355. The summed E-state index contributed by atoms with van der Waals surface area (Å²) in [7, 11) is 1.32. The second-order valence-corrected chi connectivity index (χ2v) is 11.0. The molecule has 0 unspecified atom stereocenters. The van der Waals surface area contributed by atoms with E-state index in [1.165, 1.54) is 12.0 Å². The van der Waals surface area contributed by atoms with Crippen LogP contribution in [-0.2, 0) is 25.5 Å². The van der Waals surface area contributed by atoms with Gasteiger partial charge in [-0.15, -0.1) is 0 Å². The van der Waals surface area contributed by atoms with Gasteiger partial charge in [0.2, 0.25) is 5.91 Å². The lowest BCUT2D eigenvalue weighted by atomic mass is 9.93. The quantitative estimate of drug-likeness (QED) is 0.263. The van der Waals surface area contributed by atoms with Crippen molar-refractivity contribution in [3.05, 3.63) is 82.1 Å². The number of fused-ring (bicyclic) bond motifs is 4. The molecule has 3 aromatic rings. The van der Waals surface area contributed by atoms with Crippen molar-refractivity contribution in [3.63, 3.8) is 0 Å². The van der Waals surface area contributed by atoms with Crippen molar-refractivity contribution in [3.8, 4) is 11.1 Å². The van der Waals surface area contributed by atoms with Gasteiger partial charge in [-0.05, 0) is 54.3 Å². The molecule has 0 spiro atoms. The third-order valence-corrected chi connectivity index (χ3v) is 8.09. The summed E-state index contributed by atoms with van der Waals surface area (Å²) in [5, 5.41) is 2.77. The van der Waals surface area contributed by atoms with Gasteiger partial charge in [-0.25, -0.2) is 13.6 Å². The minimum absolute atomic E-state index is 0.0555. The van der Waals surface area contributed by atoms with Crippen LogP contribution in [0.2, 0.25) is 5.02 Å². The largest absolute Gasteiger partial charge is 0.469 e. The van der Waals surface area contributed by atoms with Gasteiger partial charge in [-0.3, -0.25) is 19.5 Å². The summed E-state index contributed by atoms with van der Waals surface area (Å²) in [6.07, 6.45) is 1.66. The lowest BCUT2D eigenvalue weighted by Gasteiger charge is -2.37. The Bertz CT molecular complexity index is 1530. The van der Waals surface area contributed by atoms with Crippen molar-refractivity contribution in [1.29, 1.82) is 0 Å². The smallest absolute Gasteiger partial charge is 0.410 e. The van der Waals surface area contributed by atoms with Crippen LogP contribution < -0.4 is 5.32 Å². The molecule has 1 saturated heterocycles. The van der Waals surface area contributed by atoms with E-state index >= 15 is 0 Å². The number of nitrogens with zero attached hydrogens (tertiary/aromatic N) is 2. The Morgan fingerprint density at radius 3 is 2.71 bits per heavy atom. The molecule has 3 atom stereocenters. The first-order valence-corrected chi connectivity index (χ1v) is 14.1. The minimum atomic E-state index is -1.12. The first-order valence-electron chi connectivity index (χ1n) is 13.7. The van der Waals surface area contributed by atoms with Gasteiger partial charge in [0.15, 0.2) is 5.82 Å². The Morgan fingerprint density at radius 2 is 1.95 bits per heavy atom. The number of cyclic esters (lactones) is 1. The second kappa shape index (κ2) is 12.4. The van der Waals surface area contributed by atoms with E-state index in [1.807, 2.05) is 19.1 Å². The van der Waals surface area contributed by atoms with Crippen LogP contribution in [0.5, 0.6) is 0 Å². The lowest BCUT2D eigenvalue weighted by Crippen LogP contribution is -2.42. The Balaban J connectivity index is 1.48. The van der Waals surface area contributed by atoms with Gasteiger partial charge in [0.25, 0.3) is 0 Å². The number of hydrogen-bond acceptors (Lipinski definition) is 6. The van der Waals surface area contributed by atoms with E-state index in [9.17, 15) is 23.2 Å². The number of methoxy groups -OCH3 is 1. The Hall–Kier alpha value is -4.05. The average Bonchev–Trinajstić information content (AvgIpc) is 2.97. The van der Waals surface area contributed by atoms with Crippen LogP contribution >= 0.6 is 11.6 Å². The number of rotatable bonds is 4. The molecule has 2 aliphatic heterocycles. The first kappa shape index (κ1) is 29.4. The van der Waals surface area contributed by atoms with E-state index < -0.39 is 35.8 Å². The van der Waals surface area contributed by atoms with Crippen molar-refractivity contribution in [2.75, 3.05) is 19.0 Å². The molecule has 5 rings (SSSR count). The number of benzene rings is 2. The molecule has 0 aliphatic carbocycles. The number of amides is 2. The first-order chi connectivity index (χ1) is 20.2. The standard InChI is InChI=1S/C31H30ClF2N3O5/c1-17-4-3-5-25(37-13-11-26(42-31(37)40)28-22(33)9-8-21(32)29(28)34)24-16-19(10-12-35-24)20-7-6-18(15-27(38)41-2)14-23(20)36-30(17)39/h6-10,12,14,16-17,25-26H,3-5,11,13,15H2,1-2H3,(H,36,39)/t17-,25+,26+/m1/s1. The Kier molecular flexibility index (Phi) is 8.72. The molecule has 2 amide bonds. The van der Waals surface area contributed by atoms with Crippen molar-refractivity contribution in [1.82, 2.24) is 9.88 Å². The van der Waals surface area contributed by atoms with E-state index in [-0.39, 0.29) is 41.8 Å². The fourth-order valence-corrected chi connectivity index (χ4v) is 5.65. The molecule has 8 nitrogen and oxygen atoms in total. The monoisotopic (exact) mass is 597 g/mol. The van der Waals surface area contributed by atoms with Crippen molar-refractivity contribution in [2.45, 2.75) is 51.2 Å². The van der Waals surface area contributed by atoms with Crippen LogP contribution in [0, 0.1) is 17.6 Å². The topological polar surface area (TPSA) is 97.8 Å². The number of halogens is 3. The predicted molar refractivity (Wildman–Crippen MR) is 152 cm³/mol. The van der Waals surface area contributed by atoms with Gasteiger partial charge < -0.3 is 14.8 Å². The summed E-state index contributed by atoms with van der Waals surface area (Å²) in [6.45, 7) is 2.01. The van der Waals surface area contributed by atoms with Gasteiger partial charge in [0.05, 0.1) is 35.9 Å². The second-order valence-electron chi connectivity index (χ2n) is 10.6. The molecule has 42 heavy (non-hydrogen) atoms. The summed E-state index contributed by atoms with van der Waals surface area (Å²) in [5.41, 5.74) is 2.97. The van der Waals surface area contributed by atoms with Gasteiger partial charge in [-0.2, -0.15) is 0 Å². The van der Waals surface area contributed by atoms with Gasteiger partial charge in [-0.1, -0.05) is 37.1 Å². The predicted octanol–water partition coefficient (Wildman–Crippen LogP) is 6.78. The molecule has 0 saturated carbocycles. The van der Waals surface area contributed by atoms with Crippen molar-refractivity contribution < 1.29 is 32.6 Å². The number of aromatic nitrogens is 1. The summed E-state index contributed by atoms with van der Waals surface area (Å²) >= 11 is 5.86. The molecule has 0 radical (unpaired) electrons. The van der Waals surface area contributed by atoms with Crippen LogP contribution in [-0.4, -0.2) is 41.5 Å². The summed E-state index contributed by atoms with van der Waals surface area (Å²) < 4.78 is 39.5. The van der Waals surface area contributed by atoms with Crippen molar-refractivity contribution in [2.24, 2.45) is 5.92 Å². The molecule has 11 heteroatoms. The molecule has 3 heterocycles. The van der Waals surface area contributed by atoms with Crippen LogP contribution in [0.4, 0.5) is 19.3 Å².